The summed E-state index contributed by atoms with van der Waals surface area (Å²) in [5.41, 5.74) is 3.11. The van der Waals surface area contributed by atoms with E-state index < -0.39 is 6.04 Å². The third-order valence-corrected chi connectivity index (χ3v) is 8.92. The van der Waals surface area contributed by atoms with Crippen LogP contribution in [0.1, 0.15) is 31.0 Å². The molecule has 4 aromatic rings. The van der Waals surface area contributed by atoms with E-state index in [9.17, 15) is 9.59 Å². The second-order valence-electron chi connectivity index (χ2n) is 8.92. The number of anilines is 1. The maximum absolute atomic E-state index is 14.0. The van der Waals surface area contributed by atoms with E-state index in [1.807, 2.05) is 86.7 Å². The van der Waals surface area contributed by atoms with Crippen LogP contribution in [0.3, 0.4) is 0 Å². The van der Waals surface area contributed by atoms with Crippen molar-refractivity contribution >= 4 is 74.2 Å². The molecular weight excluding hydrogens is 752 g/mol. The summed E-state index contributed by atoms with van der Waals surface area (Å²) >= 11 is 5.82. The SMILES string of the molecule is CCOc1c(I)cc(/C=c2/sc3n(c2=O)[C@H](c2ccc(OC)cc2)C(C(=O)Nc2ccccc2)=C(C)N=3)cc1I. The van der Waals surface area contributed by atoms with Crippen molar-refractivity contribution in [2.45, 2.75) is 19.9 Å². The van der Waals surface area contributed by atoms with Crippen LogP contribution in [0.15, 0.2) is 87.8 Å². The number of rotatable bonds is 7. The van der Waals surface area contributed by atoms with Gasteiger partial charge in [-0.05, 0) is 113 Å². The number of ether oxygens (including phenoxy) is 2. The molecule has 0 fully saturated rings. The molecule has 0 radical (unpaired) electrons. The van der Waals surface area contributed by atoms with E-state index in [2.05, 4.69) is 50.5 Å². The van der Waals surface area contributed by atoms with Gasteiger partial charge in [-0.3, -0.25) is 14.2 Å². The molecule has 0 aliphatic carbocycles. The zero-order chi connectivity index (χ0) is 28.4. The van der Waals surface area contributed by atoms with Crippen LogP contribution >= 0.6 is 56.5 Å². The molecule has 0 bridgehead atoms. The minimum atomic E-state index is -0.659. The lowest BCUT2D eigenvalue weighted by molar-refractivity contribution is -0.113. The van der Waals surface area contributed by atoms with E-state index in [4.69, 9.17) is 14.5 Å². The van der Waals surface area contributed by atoms with Crippen LogP contribution < -0.4 is 29.7 Å². The van der Waals surface area contributed by atoms with Crippen LogP contribution in [0, 0.1) is 7.14 Å². The van der Waals surface area contributed by atoms with Gasteiger partial charge in [0, 0.05) is 5.69 Å². The Morgan fingerprint density at radius 3 is 2.40 bits per heavy atom. The van der Waals surface area contributed by atoms with Gasteiger partial charge in [0.15, 0.2) is 4.80 Å². The number of nitrogens with one attached hydrogen (secondary N) is 1. The number of amides is 1. The van der Waals surface area contributed by atoms with E-state index in [-0.39, 0.29) is 11.5 Å². The number of methoxy groups -OCH3 is 1. The Balaban J connectivity index is 1.65. The van der Waals surface area contributed by atoms with Gasteiger partial charge in [-0.2, -0.15) is 0 Å². The van der Waals surface area contributed by atoms with Crippen LogP contribution in [0.25, 0.3) is 6.08 Å². The van der Waals surface area contributed by atoms with E-state index in [0.29, 0.717) is 38.6 Å². The number of hydrogen-bond acceptors (Lipinski definition) is 6. The van der Waals surface area contributed by atoms with Gasteiger partial charge in [0.2, 0.25) is 0 Å². The van der Waals surface area contributed by atoms with Crippen molar-refractivity contribution in [2.24, 2.45) is 4.99 Å². The number of aromatic nitrogens is 1. The molecule has 7 nitrogen and oxygen atoms in total. The summed E-state index contributed by atoms with van der Waals surface area (Å²) in [6.07, 6.45) is 1.87. The lowest BCUT2D eigenvalue weighted by Crippen LogP contribution is -2.40. The zero-order valence-corrected chi connectivity index (χ0v) is 27.0. The molecular formula is C30H25I2N3O4S. The summed E-state index contributed by atoms with van der Waals surface area (Å²) in [5.74, 6) is 1.22. The molecule has 1 aliphatic heterocycles. The van der Waals surface area contributed by atoms with Gasteiger partial charge < -0.3 is 14.8 Å². The van der Waals surface area contributed by atoms with E-state index in [0.717, 1.165) is 24.0 Å². The van der Waals surface area contributed by atoms with E-state index in [1.165, 1.54) is 11.3 Å². The Morgan fingerprint density at radius 1 is 1.10 bits per heavy atom. The molecule has 204 valence electrons. The first-order valence-corrected chi connectivity index (χ1v) is 15.4. The third-order valence-electron chi connectivity index (χ3n) is 6.34. The summed E-state index contributed by atoms with van der Waals surface area (Å²) in [6, 6.07) is 20.0. The molecule has 0 saturated heterocycles. The Bertz CT molecular complexity index is 1770. The van der Waals surface area contributed by atoms with Crippen molar-refractivity contribution in [3.8, 4) is 11.5 Å². The van der Waals surface area contributed by atoms with Gasteiger partial charge in [-0.1, -0.05) is 41.7 Å². The van der Waals surface area contributed by atoms with Gasteiger partial charge in [0.1, 0.15) is 11.5 Å². The molecule has 3 aromatic carbocycles. The minimum Gasteiger partial charge on any atom is -0.497 e. The number of halogens is 2. The molecule has 0 saturated carbocycles. The second kappa shape index (κ2) is 12.3. The average Bonchev–Trinajstić information content (AvgIpc) is 3.24. The van der Waals surface area contributed by atoms with Crippen LogP contribution in [-0.4, -0.2) is 24.2 Å². The Morgan fingerprint density at radius 2 is 1.77 bits per heavy atom. The number of para-hydroxylation sites is 1. The molecule has 0 unspecified atom stereocenters. The first-order valence-electron chi connectivity index (χ1n) is 12.5. The van der Waals surface area contributed by atoms with Crippen LogP contribution in [0.2, 0.25) is 0 Å². The highest BCUT2D eigenvalue weighted by atomic mass is 127. The van der Waals surface area contributed by atoms with Crippen molar-refractivity contribution in [3.63, 3.8) is 0 Å². The largest absolute Gasteiger partial charge is 0.497 e. The molecule has 10 heteroatoms. The second-order valence-corrected chi connectivity index (χ2v) is 12.3. The van der Waals surface area contributed by atoms with Crippen LogP contribution in [0.5, 0.6) is 11.5 Å². The molecule has 1 atom stereocenters. The monoisotopic (exact) mass is 777 g/mol. The van der Waals surface area contributed by atoms with E-state index in [1.54, 1.807) is 11.7 Å². The minimum absolute atomic E-state index is 0.207. The topological polar surface area (TPSA) is 81.9 Å². The number of carbonyl (C=O) groups excluding carboxylic acids is 1. The lowest BCUT2D eigenvalue weighted by atomic mass is 9.95. The van der Waals surface area contributed by atoms with Gasteiger partial charge in [-0.15, -0.1) is 0 Å². The molecule has 1 aromatic heterocycles. The van der Waals surface area contributed by atoms with Gasteiger partial charge in [-0.25, -0.2) is 4.99 Å². The predicted octanol–water partition coefficient (Wildman–Crippen LogP) is 5.49. The number of allylic oxidation sites excluding steroid dienone is 1. The summed E-state index contributed by atoms with van der Waals surface area (Å²) in [5, 5.41) is 2.97. The zero-order valence-electron chi connectivity index (χ0n) is 21.9. The fourth-order valence-electron chi connectivity index (χ4n) is 4.53. The maximum atomic E-state index is 14.0. The number of carbonyl (C=O) groups is 1. The smallest absolute Gasteiger partial charge is 0.271 e. The van der Waals surface area contributed by atoms with Crippen molar-refractivity contribution in [2.75, 3.05) is 19.0 Å². The van der Waals surface area contributed by atoms with Crippen LogP contribution in [0.4, 0.5) is 5.69 Å². The van der Waals surface area contributed by atoms with Gasteiger partial charge in [0.05, 0.1) is 42.7 Å². The summed E-state index contributed by atoms with van der Waals surface area (Å²) in [7, 11) is 1.60. The number of benzene rings is 3. The first kappa shape index (κ1) is 28.6. The molecule has 2 heterocycles. The fraction of sp³-hybridized carbons (Fsp3) is 0.167. The first-order chi connectivity index (χ1) is 19.3. The quantitative estimate of drug-likeness (QED) is 0.252. The number of fused-ring (bicyclic) bond motifs is 1. The Hall–Kier alpha value is -2.97. The highest BCUT2D eigenvalue weighted by Crippen LogP contribution is 2.32. The summed E-state index contributed by atoms with van der Waals surface area (Å²) in [4.78, 5) is 32.9. The summed E-state index contributed by atoms with van der Waals surface area (Å²) in [6.45, 7) is 4.34. The summed E-state index contributed by atoms with van der Waals surface area (Å²) < 4.78 is 15.2. The fourth-order valence-corrected chi connectivity index (χ4v) is 7.70. The number of nitrogens with zero attached hydrogens (tertiary/aromatic N) is 2. The molecule has 5 rings (SSSR count). The maximum Gasteiger partial charge on any atom is 0.271 e. The highest BCUT2D eigenvalue weighted by molar-refractivity contribution is 14.1. The van der Waals surface area contributed by atoms with Crippen molar-refractivity contribution in [1.29, 1.82) is 0 Å². The normalized spacial score (nSPS) is 14.9. The number of hydrogen-bond donors (Lipinski definition) is 1. The molecule has 1 amide bonds. The average molecular weight is 777 g/mol. The predicted molar refractivity (Wildman–Crippen MR) is 175 cm³/mol. The highest BCUT2D eigenvalue weighted by Gasteiger charge is 2.32. The Labute approximate surface area is 262 Å². The standard InChI is InChI=1S/C30H25I2N3O4S/c1-4-39-27-22(31)14-18(15-23(27)32)16-24-29(37)35-26(19-10-12-21(38-3)13-11-19)25(17(2)33-30(35)40-24)28(36)34-20-8-6-5-7-9-20/h5-16,26H,4H2,1-3H3,(H,34,36)/b24-16+/t26-/m1/s1. The Kier molecular flexibility index (Phi) is 8.76. The van der Waals surface area contributed by atoms with Crippen LogP contribution in [-0.2, 0) is 4.79 Å². The van der Waals surface area contributed by atoms with Gasteiger partial charge in [0.25, 0.3) is 11.5 Å². The van der Waals surface area contributed by atoms with E-state index >= 15 is 0 Å². The lowest BCUT2D eigenvalue weighted by Gasteiger charge is -2.25. The number of thiazole rings is 1. The van der Waals surface area contributed by atoms with Gasteiger partial charge >= 0.3 is 0 Å². The van der Waals surface area contributed by atoms with Crippen molar-refractivity contribution < 1.29 is 14.3 Å². The van der Waals surface area contributed by atoms with Crippen molar-refractivity contribution in [3.05, 3.63) is 116 Å². The molecule has 0 spiro atoms. The molecule has 40 heavy (non-hydrogen) atoms. The van der Waals surface area contributed by atoms with Crippen molar-refractivity contribution in [1.82, 2.24) is 4.57 Å². The third kappa shape index (κ3) is 5.75. The molecule has 1 aliphatic rings. The molecule has 1 N–H and O–H groups in total.